The molecule has 0 fully saturated rings. The van der Waals surface area contributed by atoms with Crippen molar-refractivity contribution in [2.75, 3.05) is 6.54 Å². The van der Waals surface area contributed by atoms with Crippen molar-refractivity contribution in [3.8, 4) is 0 Å². The quantitative estimate of drug-likeness (QED) is 0.638. The lowest BCUT2D eigenvalue weighted by atomic mass is 10.0. The van der Waals surface area contributed by atoms with E-state index < -0.39 is 23.8 Å². The Kier molecular flexibility index (Phi) is 6.49. The average Bonchev–Trinajstić information content (AvgIpc) is 2.46. The number of carbonyl (C=O) groups is 3. The lowest BCUT2D eigenvalue weighted by molar-refractivity contribution is -0.142. The van der Waals surface area contributed by atoms with Crippen LogP contribution >= 0.6 is 0 Å². The van der Waals surface area contributed by atoms with E-state index in [1.807, 2.05) is 13.8 Å². The van der Waals surface area contributed by atoms with Crippen molar-refractivity contribution in [2.24, 2.45) is 13.0 Å². The first-order valence-corrected chi connectivity index (χ1v) is 7.17. The van der Waals surface area contributed by atoms with Crippen LogP contribution < -0.4 is 16.2 Å². The monoisotopic (exact) mass is 323 g/mol. The fraction of sp³-hybridized carbons (Fsp3) is 0.467. The highest BCUT2D eigenvalue weighted by Gasteiger charge is 2.21. The highest BCUT2D eigenvalue weighted by atomic mass is 16.4. The molecule has 0 unspecified atom stereocenters. The van der Waals surface area contributed by atoms with E-state index in [1.54, 1.807) is 7.05 Å². The van der Waals surface area contributed by atoms with Gasteiger partial charge >= 0.3 is 5.97 Å². The Hall–Kier alpha value is -2.64. The van der Waals surface area contributed by atoms with E-state index in [1.165, 1.54) is 16.8 Å². The third-order valence-corrected chi connectivity index (χ3v) is 3.12. The van der Waals surface area contributed by atoms with Gasteiger partial charge in [-0.25, -0.2) is 4.79 Å². The molecule has 0 aliphatic heterocycles. The molecule has 0 radical (unpaired) electrons. The van der Waals surface area contributed by atoms with Gasteiger partial charge in [0.2, 0.25) is 5.91 Å². The molecule has 1 aromatic rings. The van der Waals surface area contributed by atoms with Gasteiger partial charge in [-0.1, -0.05) is 13.8 Å². The summed E-state index contributed by atoms with van der Waals surface area (Å²) in [6.07, 6.45) is 1.74. The second kappa shape index (κ2) is 8.11. The smallest absolute Gasteiger partial charge is 0.326 e. The number of aliphatic carboxylic acids is 1. The maximum Gasteiger partial charge on any atom is 0.326 e. The number of carboxylic acids is 1. The molecule has 8 heteroatoms. The van der Waals surface area contributed by atoms with E-state index in [2.05, 4.69) is 10.6 Å². The maximum absolute atomic E-state index is 11.9. The van der Waals surface area contributed by atoms with Crippen molar-refractivity contribution in [2.45, 2.75) is 26.3 Å². The Labute approximate surface area is 133 Å². The fourth-order valence-corrected chi connectivity index (χ4v) is 1.89. The largest absolute Gasteiger partial charge is 0.480 e. The predicted molar refractivity (Wildman–Crippen MR) is 83.0 cm³/mol. The van der Waals surface area contributed by atoms with Crippen LogP contribution in [0.15, 0.2) is 23.1 Å². The Morgan fingerprint density at radius 1 is 1.30 bits per heavy atom. The molecule has 0 bridgehead atoms. The minimum absolute atomic E-state index is 0.103. The van der Waals surface area contributed by atoms with E-state index in [-0.39, 0.29) is 23.6 Å². The van der Waals surface area contributed by atoms with Crippen molar-refractivity contribution in [3.63, 3.8) is 0 Å². The van der Waals surface area contributed by atoms with Gasteiger partial charge in [-0.2, -0.15) is 0 Å². The van der Waals surface area contributed by atoms with Crippen molar-refractivity contribution in [1.29, 1.82) is 0 Å². The Morgan fingerprint density at radius 3 is 2.48 bits per heavy atom. The lowest BCUT2D eigenvalue weighted by Gasteiger charge is -2.16. The summed E-state index contributed by atoms with van der Waals surface area (Å²) in [7, 11) is 1.55. The number of carboxylic acid groups (broad SMARTS) is 1. The molecule has 0 aromatic carbocycles. The van der Waals surface area contributed by atoms with Gasteiger partial charge in [0.15, 0.2) is 0 Å². The standard InChI is InChI=1S/C15H21N3O5/c1-9(2)6-11(15(22)23)17-12(19)8-16-14(21)10-4-5-18(3)13(20)7-10/h4-5,7,9,11H,6,8H2,1-3H3,(H,16,21)(H,17,19)(H,22,23)/t11-/m0/s1. The number of hydrogen-bond donors (Lipinski definition) is 3. The zero-order chi connectivity index (χ0) is 17.6. The van der Waals surface area contributed by atoms with Gasteiger partial charge in [-0.05, 0) is 18.4 Å². The van der Waals surface area contributed by atoms with E-state index in [4.69, 9.17) is 5.11 Å². The zero-order valence-corrected chi connectivity index (χ0v) is 13.3. The normalized spacial score (nSPS) is 11.8. The maximum atomic E-state index is 11.9. The fourth-order valence-electron chi connectivity index (χ4n) is 1.89. The Bertz CT molecular complexity index is 651. The Balaban J connectivity index is 2.57. The molecule has 0 spiro atoms. The molecule has 0 aliphatic carbocycles. The van der Waals surface area contributed by atoms with Gasteiger partial charge in [-0.3, -0.25) is 14.4 Å². The van der Waals surface area contributed by atoms with Crippen LogP contribution in [-0.2, 0) is 16.6 Å². The minimum atomic E-state index is -1.12. The number of nitrogens with one attached hydrogen (secondary N) is 2. The average molecular weight is 323 g/mol. The molecule has 0 aliphatic rings. The number of pyridine rings is 1. The summed E-state index contributed by atoms with van der Waals surface area (Å²) in [6, 6.07) is 1.61. The summed E-state index contributed by atoms with van der Waals surface area (Å²) in [4.78, 5) is 46.1. The van der Waals surface area contributed by atoms with Gasteiger partial charge in [-0.15, -0.1) is 0 Å². The number of rotatable bonds is 7. The first kappa shape index (κ1) is 18.4. The molecule has 8 nitrogen and oxygen atoms in total. The van der Waals surface area contributed by atoms with Crippen LogP contribution in [0.5, 0.6) is 0 Å². The summed E-state index contributed by atoms with van der Waals surface area (Å²) in [6.45, 7) is 3.33. The molecule has 1 atom stereocenters. The summed E-state index contributed by atoms with van der Waals surface area (Å²) < 4.78 is 1.31. The van der Waals surface area contributed by atoms with E-state index in [0.29, 0.717) is 6.42 Å². The van der Waals surface area contributed by atoms with Crippen LogP contribution in [0.4, 0.5) is 0 Å². The summed E-state index contributed by atoms with van der Waals surface area (Å²) in [5, 5.41) is 13.8. The first-order chi connectivity index (χ1) is 10.7. The zero-order valence-electron chi connectivity index (χ0n) is 13.3. The van der Waals surface area contributed by atoms with Gasteiger partial charge in [0.05, 0.1) is 6.54 Å². The topological polar surface area (TPSA) is 118 Å². The van der Waals surface area contributed by atoms with Crippen LogP contribution in [0.2, 0.25) is 0 Å². The third-order valence-electron chi connectivity index (χ3n) is 3.12. The van der Waals surface area contributed by atoms with Gasteiger partial charge in [0.1, 0.15) is 6.04 Å². The van der Waals surface area contributed by atoms with Crippen molar-refractivity contribution in [3.05, 3.63) is 34.2 Å². The summed E-state index contributed by atoms with van der Waals surface area (Å²) in [5.74, 6) is -2.19. The molecule has 126 valence electrons. The van der Waals surface area contributed by atoms with E-state index in [9.17, 15) is 19.2 Å². The van der Waals surface area contributed by atoms with Crippen LogP contribution in [-0.4, -0.2) is 40.0 Å². The number of aryl methyl sites for hydroxylation is 1. The number of nitrogens with zero attached hydrogens (tertiary/aromatic N) is 1. The second-order valence-electron chi connectivity index (χ2n) is 5.64. The van der Waals surface area contributed by atoms with Crippen LogP contribution in [0.1, 0.15) is 30.6 Å². The first-order valence-electron chi connectivity index (χ1n) is 7.17. The van der Waals surface area contributed by atoms with Crippen LogP contribution in [0.25, 0.3) is 0 Å². The molecule has 1 aromatic heterocycles. The molecule has 2 amide bonds. The molecule has 1 rings (SSSR count). The predicted octanol–water partition coefficient (Wildman–Crippen LogP) is -0.269. The molecule has 0 saturated carbocycles. The summed E-state index contributed by atoms with van der Waals surface area (Å²) in [5.41, 5.74) is -0.206. The number of amides is 2. The highest BCUT2D eigenvalue weighted by molar-refractivity contribution is 5.96. The van der Waals surface area contributed by atoms with Gasteiger partial charge in [0.25, 0.3) is 11.5 Å². The van der Waals surface area contributed by atoms with Gasteiger partial charge in [0, 0.05) is 24.9 Å². The van der Waals surface area contributed by atoms with Crippen molar-refractivity contribution >= 4 is 17.8 Å². The lowest BCUT2D eigenvalue weighted by Crippen LogP contribution is -2.46. The minimum Gasteiger partial charge on any atom is -0.480 e. The second-order valence-corrected chi connectivity index (χ2v) is 5.64. The van der Waals surface area contributed by atoms with Crippen LogP contribution in [0.3, 0.4) is 0 Å². The molecule has 0 saturated heterocycles. The van der Waals surface area contributed by atoms with Crippen molar-refractivity contribution in [1.82, 2.24) is 15.2 Å². The molecule has 23 heavy (non-hydrogen) atoms. The SMILES string of the molecule is CC(C)C[C@H](NC(=O)CNC(=O)c1ccn(C)c(=O)c1)C(=O)O. The molecule has 1 heterocycles. The molecular formula is C15H21N3O5. The van der Waals surface area contributed by atoms with Crippen molar-refractivity contribution < 1.29 is 19.5 Å². The van der Waals surface area contributed by atoms with Gasteiger partial charge < -0.3 is 20.3 Å². The summed E-state index contributed by atoms with van der Waals surface area (Å²) >= 11 is 0. The number of hydrogen-bond acceptors (Lipinski definition) is 4. The number of aromatic nitrogens is 1. The Morgan fingerprint density at radius 2 is 1.96 bits per heavy atom. The van der Waals surface area contributed by atoms with E-state index in [0.717, 1.165) is 6.07 Å². The highest BCUT2D eigenvalue weighted by Crippen LogP contribution is 2.04. The molecule has 3 N–H and O–H groups in total. The number of carbonyl (C=O) groups excluding carboxylic acids is 2. The molecular weight excluding hydrogens is 302 g/mol. The third kappa shape index (κ3) is 5.93. The van der Waals surface area contributed by atoms with Crippen LogP contribution in [0, 0.1) is 5.92 Å². The van der Waals surface area contributed by atoms with E-state index >= 15 is 0 Å².